The van der Waals surface area contributed by atoms with E-state index in [-0.39, 0.29) is 11.4 Å². The maximum atomic E-state index is 13.3. The number of alkyl halides is 1. The first kappa shape index (κ1) is 9.33. The molecule has 0 aliphatic heterocycles. The van der Waals surface area contributed by atoms with Crippen molar-refractivity contribution in [2.45, 2.75) is 5.33 Å². The minimum atomic E-state index is -0.354. The summed E-state index contributed by atoms with van der Waals surface area (Å²) in [5.41, 5.74) is 0.573. The van der Waals surface area contributed by atoms with Crippen LogP contribution in [0.2, 0.25) is 0 Å². The fourth-order valence-electron chi connectivity index (χ4n) is 1.24. The Morgan fingerprint density at radius 2 is 2.29 bits per heavy atom. The number of fused-ring (bicyclic) bond motifs is 1. The predicted molar refractivity (Wildman–Crippen MR) is 55.0 cm³/mol. The zero-order chi connectivity index (χ0) is 10.1. The highest BCUT2D eigenvalue weighted by Gasteiger charge is 2.06. The van der Waals surface area contributed by atoms with Gasteiger partial charge in [-0.1, -0.05) is 15.9 Å². The zero-order valence-electron chi connectivity index (χ0n) is 7.05. The monoisotopic (exact) mass is 256 g/mol. The van der Waals surface area contributed by atoms with Gasteiger partial charge in [0.25, 0.3) is 5.56 Å². The molecule has 0 fully saturated rings. The molecule has 1 heterocycles. The van der Waals surface area contributed by atoms with Crippen LogP contribution in [0.5, 0.6) is 0 Å². The Morgan fingerprint density at radius 3 is 3.00 bits per heavy atom. The average molecular weight is 257 g/mol. The molecule has 1 aromatic carbocycles. The third-order valence-corrected chi connectivity index (χ3v) is 2.56. The molecule has 14 heavy (non-hydrogen) atoms. The zero-order valence-corrected chi connectivity index (χ0v) is 8.64. The minimum Gasteiger partial charge on any atom is -0.313 e. The van der Waals surface area contributed by atoms with E-state index < -0.39 is 0 Å². The number of aromatic nitrogens is 2. The van der Waals surface area contributed by atoms with Crippen LogP contribution in [0.3, 0.4) is 0 Å². The number of hydrogen-bond donors (Lipinski definition) is 1. The van der Waals surface area contributed by atoms with E-state index in [9.17, 15) is 9.18 Å². The summed E-state index contributed by atoms with van der Waals surface area (Å²) < 4.78 is 13.3. The highest BCUT2D eigenvalue weighted by atomic mass is 79.9. The lowest BCUT2D eigenvalue weighted by atomic mass is 10.1. The van der Waals surface area contributed by atoms with E-state index in [1.54, 1.807) is 0 Å². The molecule has 0 aliphatic carbocycles. The largest absolute Gasteiger partial charge is 0.313 e. The lowest BCUT2D eigenvalue weighted by Gasteiger charge is -2.00. The van der Waals surface area contributed by atoms with Crippen molar-refractivity contribution >= 4 is 26.8 Å². The predicted octanol–water partition coefficient (Wildman–Crippen LogP) is 1.96. The molecule has 0 atom stereocenters. The third kappa shape index (κ3) is 1.43. The minimum absolute atomic E-state index is 0.253. The number of benzene rings is 1. The quantitative estimate of drug-likeness (QED) is 0.793. The van der Waals surface area contributed by atoms with Gasteiger partial charge < -0.3 is 4.98 Å². The molecule has 0 bridgehead atoms. The number of nitrogens with zero attached hydrogens (tertiary/aromatic N) is 1. The van der Waals surface area contributed by atoms with E-state index >= 15 is 0 Å². The van der Waals surface area contributed by atoms with Crippen molar-refractivity contribution in [3.05, 3.63) is 40.2 Å². The first-order valence-corrected chi connectivity index (χ1v) is 5.06. The highest BCUT2D eigenvalue weighted by Crippen LogP contribution is 2.16. The normalized spacial score (nSPS) is 10.7. The molecule has 0 saturated carbocycles. The molecule has 0 radical (unpaired) electrons. The van der Waals surface area contributed by atoms with Crippen molar-refractivity contribution in [2.24, 2.45) is 0 Å². The Kier molecular flexibility index (Phi) is 2.33. The van der Waals surface area contributed by atoms with Crippen molar-refractivity contribution < 1.29 is 4.39 Å². The summed E-state index contributed by atoms with van der Waals surface area (Å²) in [4.78, 5) is 17.6. The first-order chi connectivity index (χ1) is 6.72. The molecule has 0 amide bonds. The SMILES string of the molecule is O=c1[nH]cnc2cc(F)c(CBr)cc12. The van der Waals surface area contributed by atoms with E-state index in [4.69, 9.17) is 0 Å². The van der Waals surface area contributed by atoms with Gasteiger partial charge in [-0.15, -0.1) is 0 Å². The second-order valence-corrected chi connectivity index (χ2v) is 3.39. The van der Waals surface area contributed by atoms with E-state index in [2.05, 4.69) is 25.9 Å². The highest BCUT2D eigenvalue weighted by molar-refractivity contribution is 9.08. The van der Waals surface area contributed by atoms with Crippen LogP contribution >= 0.6 is 15.9 Å². The lowest BCUT2D eigenvalue weighted by Crippen LogP contribution is -2.07. The Morgan fingerprint density at radius 1 is 1.50 bits per heavy atom. The van der Waals surface area contributed by atoms with Gasteiger partial charge in [0.2, 0.25) is 0 Å². The second-order valence-electron chi connectivity index (χ2n) is 2.83. The number of nitrogens with one attached hydrogen (secondary N) is 1. The van der Waals surface area contributed by atoms with E-state index in [0.717, 1.165) is 0 Å². The summed E-state index contributed by atoms with van der Waals surface area (Å²) in [6, 6.07) is 2.77. The molecule has 1 N–H and O–H groups in total. The number of halogens is 2. The summed E-state index contributed by atoms with van der Waals surface area (Å²) in [5, 5.41) is 0.784. The van der Waals surface area contributed by atoms with Crippen molar-refractivity contribution in [3.8, 4) is 0 Å². The van der Waals surface area contributed by atoms with Crippen LogP contribution in [-0.4, -0.2) is 9.97 Å². The molecular weight excluding hydrogens is 251 g/mol. The maximum Gasteiger partial charge on any atom is 0.258 e. The van der Waals surface area contributed by atoms with Crippen molar-refractivity contribution in [2.75, 3.05) is 0 Å². The first-order valence-electron chi connectivity index (χ1n) is 3.94. The van der Waals surface area contributed by atoms with Gasteiger partial charge in [-0.3, -0.25) is 4.79 Å². The van der Waals surface area contributed by atoms with Gasteiger partial charge >= 0.3 is 0 Å². The Bertz CT molecular complexity index is 538. The van der Waals surface area contributed by atoms with Crippen LogP contribution in [0, 0.1) is 5.82 Å². The molecule has 2 aromatic rings. The van der Waals surface area contributed by atoms with Crippen LogP contribution < -0.4 is 5.56 Å². The van der Waals surface area contributed by atoms with Gasteiger partial charge in [0.1, 0.15) is 5.82 Å². The van der Waals surface area contributed by atoms with Gasteiger partial charge in [0.15, 0.2) is 0 Å². The van der Waals surface area contributed by atoms with Gasteiger partial charge in [0, 0.05) is 11.4 Å². The van der Waals surface area contributed by atoms with Crippen LogP contribution in [0.4, 0.5) is 4.39 Å². The Hall–Kier alpha value is -1.23. The molecular formula is C9H6BrFN2O. The van der Waals surface area contributed by atoms with Gasteiger partial charge in [-0.2, -0.15) is 0 Å². The standard InChI is InChI=1S/C9H6BrFN2O/c10-3-5-1-6-8(2-7(5)11)12-4-13-9(6)14/h1-2,4H,3H2,(H,12,13,14). The number of hydrogen-bond acceptors (Lipinski definition) is 2. The van der Waals surface area contributed by atoms with Gasteiger partial charge in [-0.05, 0) is 11.6 Å². The summed E-state index contributed by atoms with van der Waals surface area (Å²) >= 11 is 3.15. The number of aromatic amines is 1. The second kappa shape index (κ2) is 3.49. The molecule has 1 aromatic heterocycles. The summed E-state index contributed by atoms with van der Waals surface area (Å²) in [6.07, 6.45) is 1.26. The van der Waals surface area contributed by atoms with Crippen LogP contribution in [-0.2, 0) is 5.33 Å². The van der Waals surface area contributed by atoms with Crippen molar-refractivity contribution in [1.29, 1.82) is 0 Å². The molecule has 0 spiro atoms. The van der Waals surface area contributed by atoms with Crippen LogP contribution in [0.15, 0.2) is 23.3 Å². The lowest BCUT2D eigenvalue weighted by molar-refractivity contribution is 0.619. The fourth-order valence-corrected chi connectivity index (χ4v) is 1.67. The number of H-pyrrole nitrogens is 1. The maximum absolute atomic E-state index is 13.3. The van der Waals surface area contributed by atoms with Gasteiger partial charge in [0.05, 0.1) is 17.2 Å². The summed E-state index contributed by atoms with van der Waals surface area (Å²) in [5.74, 6) is -0.354. The molecule has 5 heteroatoms. The van der Waals surface area contributed by atoms with Crippen LogP contribution in [0.1, 0.15) is 5.56 Å². The smallest absolute Gasteiger partial charge is 0.258 e. The molecule has 0 unspecified atom stereocenters. The molecule has 72 valence electrons. The average Bonchev–Trinajstić information content (AvgIpc) is 2.17. The molecule has 0 saturated heterocycles. The van der Waals surface area contributed by atoms with E-state index in [1.165, 1.54) is 18.5 Å². The molecule has 3 nitrogen and oxygen atoms in total. The van der Waals surface area contributed by atoms with Crippen molar-refractivity contribution in [3.63, 3.8) is 0 Å². The van der Waals surface area contributed by atoms with E-state index in [1.807, 2.05) is 0 Å². The topological polar surface area (TPSA) is 45.8 Å². The van der Waals surface area contributed by atoms with E-state index in [0.29, 0.717) is 21.8 Å². The molecule has 0 aliphatic rings. The fraction of sp³-hybridized carbons (Fsp3) is 0.111. The van der Waals surface area contributed by atoms with Crippen molar-refractivity contribution in [1.82, 2.24) is 9.97 Å². The molecule has 2 rings (SSSR count). The van der Waals surface area contributed by atoms with Crippen LogP contribution in [0.25, 0.3) is 10.9 Å². The Labute approximate surface area is 87.1 Å². The van der Waals surface area contributed by atoms with Gasteiger partial charge in [-0.25, -0.2) is 9.37 Å². The number of rotatable bonds is 1. The Balaban J connectivity index is 2.87. The summed E-state index contributed by atoms with van der Waals surface area (Å²) in [7, 11) is 0. The third-order valence-electron chi connectivity index (χ3n) is 1.95. The summed E-state index contributed by atoms with van der Waals surface area (Å²) in [6.45, 7) is 0.